The van der Waals surface area contributed by atoms with Crippen molar-refractivity contribution in [3.63, 3.8) is 0 Å². The molecule has 0 fully saturated rings. The zero-order chi connectivity index (χ0) is 16.4. The van der Waals surface area contributed by atoms with E-state index in [9.17, 15) is 9.18 Å². The van der Waals surface area contributed by atoms with Crippen LogP contribution in [0.1, 0.15) is 23.5 Å². The van der Waals surface area contributed by atoms with Gasteiger partial charge in [0.2, 0.25) is 5.91 Å². The SMILES string of the molecule is C[C@H](c1nc2ccccc2s1)N(C)C(=O)Cc1ccccc1F. The van der Waals surface area contributed by atoms with Gasteiger partial charge in [-0.2, -0.15) is 0 Å². The fourth-order valence-corrected chi connectivity index (χ4v) is 3.44. The first-order valence-corrected chi connectivity index (χ1v) is 8.22. The lowest BCUT2D eigenvalue weighted by molar-refractivity contribution is -0.131. The lowest BCUT2D eigenvalue weighted by atomic mass is 10.1. The van der Waals surface area contributed by atoms with Crippen LogP contribution in [-0.2, 0) is 11.2 Å². The summed E-state index contributed by atoms with van der Waals surface area (Å²) < 4.78 is 14.8. The molecule has 23 heavy (non-hydrogen) atoms. The van der Waals surface area contributed by atoms with E-state index in [4.69, 9.17) is 0 Å². The summed E-state index contributed by atoms with van der Waals surface area (Å²) in [5.74, 6) is -0.469. The third kappa shape index (κ3) is 3.24. The molecule has 2 aromatic carbocycles. The molecule has 1 amide bonds. The van der Waals surface area contributed by atoms with Crippen LogP contribution in [0, 0.1) is 5.82 Å². The van der Waals surface area contributed by atoms with E-state index >= 15 is 0 Å². The van der Waals surface area contributed by atoms with Crippen LogP contribution >= 0.6 is 11.3 Å². The van der Waals surface area contributed by atoms with Crippen molar-refractivity contribution < 1.29 is 9.18 Å². The van der Waals surface area contributed by atoms with Gasteiger partial charge in [-0.1, -0.05) is 30.3 Å². The topological polar surface area (TPSA) is 33.2 Å². The molecule has 0 aliphatic heterocycles. The number of hydrogen-bond acceptors (Lipinski definition) is 3. The number of rotatable bonds is 4. The van der Waals surface area contributed by atoms with Crippen molar-refractivity contribution in [1.82, 2.24) is 9.88 Å². The largest absolute Gasteiger partial charge is 0.336 e. The molecule has 5 heteroatoms. The number of para-hydroxylation sites is 1. The number of carbonyl (C=O) groups excluding carboxylic acids is 1. The zero-order valence-electron chi connectivity index (χ0n) is 13.0. The number of hydrogen-bond donors (Lipinski definition) is 0. The molecule has 0 unspecified atom stereocenters. The van der Waals surface area contributed by atoms with Gasteiger partial charge in [-0.25, -0.2) is 9.37 Å². The van der Waals surface area contributed by atoms with E-state index in [1.807, 2.05) is 31.2 Å². The van der Waals surface area contributed by atoms with Crippen LogP contribution in [0.25, 0.3) is 10.2 Å². The zero-order valence-corrected chi connectivity index (χ0v) is 13.8. The maximum Gasteiger partial charge on any atom is 0.227 e. The van der Waals surface area contributed by atoms with Crippen LogP contribution in [0.5, 0.6) is 0 Å². The monoisotopic (exact) mass is 328 g/mol. The fraction of sp³-hybridized carbons (Fsp3) is 0.222. The van der Waals surface area contributed by atoms with E-state index in [-0.39, 0.29) is 24.2 Å². The maximum atomic E-state index is 13.7. The van der Waals surface area contributed by atoms with E-state index in [1.54, 1.807) is 41.5 Å². The Kier molecular flexibility index (Phi) is 4.39. The minimum atomic E-state index is -0.345. The van der Waals surface area contributed by atoms with Gasteiger partial charge >= 0.3 is 0 Å². The van der Waals surface area contributed by atoms with Crippen molar-refractivity contribution in [2.75, 3.05) is 7.05 Å². The first-order chi connectivity index (χ1) is 11.1. The molecule has 3 rings (SSSR count). The summed E-state index contributed by atoms with van der Waals surface area (Å²) in [6.45, 7) is 1.94. The summed E-state index contributed by atoms with van der Waals surface area (Å²) in [6.07, 6.45) is 0.0540. The Morgan fingerprint density at radius 2 is 1.91 bits per heavy atom. The molecule has 1 aromatic heterocycles. The summed E-state index contributed by atoms with van der Waals surface area (Å²) in [6, 6.07) is 14.1. The van der Waals surface area contributed by atoms with Gasteiger partial charge in [0.25, 0.3) is 0 Å². The van der Waals surface area contributed by atoms with Crippen molar-refractivity contribution in [3.8, 4) is 0 Å². The molecule has 1 heterocycles. The normalized spacial score (nSPS) is 12.3. The molecule has 1 atom stereocenters. The van der Waals surface area contributed by atoms with Crippen LogP contribution in [0.15, 0.2) is 48.5 Å². The number of likely N-dealkylation sites (N-methyl/N-ethyl adjacent to an activating group) is 1. The Morgan fingerprint density at radius 1 is 1.22 bits per heavy atom. The van der Waals surface area contributed by atoms with Crippen LogP contribution < -0.4 is 0 Å². The summed E-state index contributed by atoms with van der Waals surface area (Å²) in [7, 11) is 1.74. The minimum absolute atomic E-state index is 0.0540. The maximum absolute atomic E-state index is 13.7. The van der Waals surface area contributed by atoms with Gasteiger partial charge in [0.1, 0.15) is 10.8 Å². The Bertz CT molecular complexity index is 813. The van der Waals surface area contributed by atoms with E-state index in [2.05, 4.69) is 4.98 Å². The fourth-order valence-electron chi connectivity index (χ4n) is 2.38. The van der Waals surface area contributed by atoms with Crippen LogP contribution in [0.4, 0.5) is 4.39 Å². The predicted molar refractivity (Wildman–Crippen MR) is 90.9 cm³/mol. The Labute approximate surface area is 138 Å². The standard InChI is InChI=1S/C18H17FN2OS/c1-12(18-20-15-9-5-6-10-16(15)23-18)21(2)17(22)11-13-7-3-4-8-14(13)19/h3-10,12H,11H2,1-2H3/t12-/m1/s1. The molecule has 0 saturated carbocycles. The van der Waals surface area contributed by atoms with Gasteiger partial charge in [0, 0.05) is 7.05 Å². The number of thiazole rings is 1. The molecule has 3 nitrogen and oxygen atoms in total. The Morgan fingerprint density at radius 3 is 2.65 bits per heavy atom. The van der Waals surface area contributed by atoms with Crippen molar-refractivity contribution in [2.24, 2.45) is 0 Å². The van der Waals surface area contributed by atoms with E-state index in [1.165, 1.54) is 6.07 Å². The lowest BCUT2D eigenvalue weighted by Gasteiger charge is -2.23. The van der Waals surface area contributed by atoms with Gasteiger partial charge in [0.05, 0.1) is 22.7 Å². The average molecular weight is 328 g/mol. The number of aromatic nitrogens is 1. The highest BCUT2D eigenvalue weighted by Gasteiger charge is 2.21. The molecule has 118 valence electrons. The molecule has 0 saturated heterocycles. The molecule has 0 aliphatic rings. The third-order valence-electron chi connectivity index (χ3n) is 3.94. The lowest BCUT2D eigenvalue weighted by Crippen LogP contribution is -2.31. The second-order valence-electron chi connectivity index (χ2n) is 5.47. The second-order valence-corrected chi connectivity index (χ2v) is 6.53. The van der Waals surface area contributed by atoms with Crippen LogP contribution in [-0.4, -0.2) is 22.8 Å². The van der Waals surface area contributed by atoms with Gasteiger partial charge in [-0.15, -0.1) is 11.3 Å². The summed E-state index contributed by atoms with van der Waals surface area (Å²) in [4.78, 5) is 18.7. The number of benzene rings is 2. The van der Waals surface area contributed by atoms with E-state index < -0.39 is 0 Å². The van der Waals surface area contributed by atoms with Gasteiger partial charge in [-0.05, 0) is 30.7 Å². The first kappa shape index (κ1) is 15.6. The van der Waals surface area contributed by atoms with Crippen LogP contribution in [0.2, 0.25) is 0 Å². The molecular weight excluding hydrogens is 311 g/mol. The Balaban J connectivity index is 1.77. The summed E-state index contributed by atoms with van der Waals surface area (Å²) >= 11 is 1.58. The van der Waals surface area contributed by atoms with Crippen LogP contribution in [0.3, 0.4) is 0 Å². The average Bonchev–Trinajstić information content (AvgIpc) is 2.99. The third-order valence-corrected chi connectivity index (χ3v) is 5.15. The number of nitrogens with zero attached hydrogens (tertiary/aromatic N) is 2. The molecule has 0 radical (unpaired) electrons. The van der Waals surface area contributed by atoms with E-state index in [0.717, 1.165) is 15.2 Å². The highest BCUT2D eigenvalue weighted by atomic mass is 32.1. The highest BCUT2D eigenvalue weighted by molar-refractivity contribution is 7.18. The van der Waals surface area contributed by atoms with Gasteiger partial charge < -0.3 is 4.90 Å². The van der Waals surface area contributed by atoms with Gasteiger partial charge in [-0.3, -0.25) is 4.79 Å². The number of carbonyl (C=O) groups is 1. The van der Waals surface area contributed by atoms with Crippen molar-refractivity contribution in [1.29, 1.82) is 0 Å². The molecule has 0 spiro atoms. The molecule has 0 aliphatic carbocycles. The highest BCUT2D eigenvalue weighted by Crippen LogP contribution is 2.29. The first-order valence-electron chi connectivity index (χ1n) is 7.41. The Hall–Kier alpha value is -2.27. The van der Waals surface area contributed by atoms with Crippen molar-refractivity contribution >= 4 is 27.5 Å². The molecular formula is C18H17FN2OS. The number of amides is 1. The smallest absolute Gasteiger partial charge is 0.227 e. The number of fused-ring (bicyclic) bond motifs is 1. The van der Waals surface area contributed by atoms with Crippen molar-refractivity contribution in [2.45, 2.75) is 19.4 Å². The summed E-state index contributed by atoms with van der Waals surface area (Å²) in [5, 5.41) is 0.885. The van der Waals surface area contributed by atoms with E-state index in [0.29, 0.717) is 5.56 Å². The molecule has 0 bridgehead atoms. The molecule has 3 aromatic rings. The predicted octanol–water partition coefficient (Wildman–Crippen LogP) is 4.20. The molecule has 0 N–H and O–H groups in total. The summed E-state index contributed by atoms with van der Waals surface area (Å²) in [5.41, 5.74) is 1.36. The van der Waals surface area contributed by atoms with Crippen molar-refractivity contribution in [3.05, 3.63) is 64.9 Å². The quantitative estimate of drug-likeness (QED) is 0.719. The van der Waals surface area contributed by atoms with Gasteiger partial charge in [0.15, 0.2) is 0 Å². The second kappa shape index (κ2) is 6.46. The number of halogens is 1. The minimum Gasteiger partial charge on any atom is -0.336 e.